The number of hydrogen-bond donors (Lipinski definition) is 2. The smallest absolute Gasteiger partial charge is 0.336 e. The lowest BCUT2D eigenvalue weighted by Crippen LogP contribution is -2.41. The number of halogens is 1. The maximum Gasteiger partial charge on any atom is 0.336 e. The predicted molar refractivity (Wildman–Crippen MR) is 238 cm³/mol. The Bertz CT molecular complexity index is 2190. The summed E-state index contributed by atoms with van der Waals surface area (Å²) in [5.74, 6) is 1.08. The molecule has 3 aromatic carbocycles. The van der Waals surface area contributed by atoms with E-state index in [0.29, 0.717) is 57.4 Å². The molecule has 5 aliphatic heterocycles. The number of aromatic carboxylic acids is 1. The monoisotopic (exact) mass is 856 g/mol. The van der Waals surface area contributed by atoms with Crippen LogP contribution in [-0.2, 0) is 44.6 Å². The minimum absolute atomic E-state index is 0.107. The number of fused-ring (bicyclic) bond motifs is 4. The van der Waals surface area contributed by atoms with Gasteiger partial charge in [0, 0.05) is 83.7 Å². The number of carbonyl (C=O) groups excluding carboxylic acids is 1. The van der Waals surface area contributed by atoms with E-state index < -0.39 is 5.97 Å². The fraction of sp³-hybridized carbons (Fsp3) is 0.571. The highest BCUT2D eigenvalue weighted by molar-refractivity contribution is 6.17. The van der Waals surface area contributed by atoms with Crippen molar-refractivity contribution in [2.24, 2.45) is 0 Å². The minimum Gasteiger partial charge on any atom is -0.478 e. The molecule has 5 aliphatic rings. The largest absolute Gasteiger partial charge is 0.478 e. The topological polar surface area (TPSA) is 119 Å². The third kappa shape index (κ3) is 10.1. The van der Waals surface area contributed by atoms with Crippen LogP contribution in [0.2, 0.25) is 0 Å². The molecule has 61 heavy (non-hydrogen) atoms. The number of nitrogens with zero attached hydrogens (tertiary/aromatic N) is 2. The van der Waals surface area contributed by atoms with Crippen molar-refractivity contribution >= 4 is 34.7 Å². The highest BCUT2D eigenvalue weighted by atomic mass is 35.5. The average Bonchev–Trinajstić information content (AvgIpc) is 3.62. The van der Waals surface area contributed by atoms with Crippen LogP contribution in [0, 0.1) is 0 Å². The van der Waals surface area contributed by atoms with Crippen LogP contribution >= 0.6 is 11.6 Å². The van der Waals surface area contributed by atoms with Crippen molar-refractivity contribution in [1.29, 1.82) is 0 Å². The lowest BCUT2D eigenvalue weighted by molar-refractivity contribution is -0.00174. The molecular weight excluding hydrogens is 794 g/mol. The lowest BCUT2D eigenvalue weighted by atomic mass is 9.83. The number of alkyl halides is 1. The number of carboxylic acids is 1. The number of hydrogen-bond acceptors (Lipinski definition) is 8. The SMILES string of the molecule is O=C(NCCOCCOCCOCCOCCCCCCCl)c1ccc(C2=c3cc4c5c(c3Oc3c2cc2c6c3CCCN6CCCC2)CCC[N+]=5CCCC4)c(C(=O)O)c1. The molecule has 0 spiro atoms. The number of anilines is 1. The Balaban J connectivity index is 0.957. The quantitative estimate of drug-likeness (QED) is 0.0575. The maximum absolute atomic E-state index is 13.5. The van der Waals surface area contributed by atoms with Gasteiger partial charge in [-0.1, -0.05) is 18.9 Å². The van der Waals surface area contributed by atoms with E-state index in [1.54, 1.807) is 6.07 Å². The van der Waals surface area contributed by atoms with Crippen LogP contribution in [0.1, 0.15) is 118 Å². The summed E-state index contributed by atoms with van der Waals surface area (Å²) in [6.45, 7) is 8.42. The molecule has 0 radical (unpaired) electrons. The molecule has 0 fully saturated rings. The van der Waals surface area contributed by atoms with Crippen molar-refractivity contribution in [2.45, 2.75) is 89.9 Å². The first-order valence-corrected chi connectivity index (χ1v) is 23.5. The zero-order chi connectivity index (χ0) is 42.0. The second-order valence-electron chi connectivity index (χ2n) is 16.9. The van der Waals surface area contributed by atoms with E-state index in [-0.39, 0.29) is 18.0 Å². The molecule has 1 amide bonds. The number of amides is 1. The molecule has 0 saturated carbocycles. The van der Waals surface area contributed by atoms with Crippen LogP contribution in [-0.4, -0.2) is 108 Å². The second kappa shape index (κ2) is 21.4. The normalized spacial score (nSPS) is 16.4. The highest BCUT2D eigenvalue weighted by Gasteiger charge is 2.36. The molecule has 11 nitrogen and oxygen atoms in total. The van der Waals surface area contributed by atoms with E-state index in [9.17, 15) is 14.7 Å². The summed E-state index contributed by atoms with van der Waals surface area (Å²) < 4.78 is 32.2. The first-order valence-electron chi connectivity index (χ1n) is 23.0. The fourth-order valence-corrected chi connectivity index (χ4v) is 10.1. The number of ether oxygens (including phenoxy) is 5. The van der Waals surface area contributed by atoms with E-state index in [1.165, 1.54) is 39.4 Å². The Morgan fingerprint density at radius 3 is 2.21 bits per heavy atom. The van der Waals surface area contributed by atoms with Crippen molar-refractivity contribution in [3.63, 3.8) is 0 Å². The minimum atomic E-state index is -1.07. The van der Waals surface area contributed by atoms with Gasteiger partial charge in [0.25, 0.3) is 5.91 Å². The van der Waals surface area contributed by atoms with Crippen molar-refractivity contribution in [2.75, 3.05) is 96.4 Å². The average molecular weight is 858 g/mol. The first-order chi connectivity index (χ1) is 30.0. The summed E-state index contributed by atoms with van der Waals surface area (Å²) in [7, 11) is 0. The van der Waals surface area contributed by atoms with Gasteiger partial charge in [-0.3, -0.25) is 4.79 Å². The molecule has 0 bridgehead atoms. The van der Waals surface area contributed by atoms with Gasteiger partial charge in [0.15, 0.2) is 0 Å². The van der Waals surface area contributed by atoms with E-state index in [2.05, 4.69) is 26.9 Å². The molecule has 0 aliphatic carbocycles. The van der Waals surface area contributed by atoms with Crippen molar-refractivity contribution < 1.29 is 38.4 Å². The third-order valence-electron chi connectivity index (χ3n) is 12.8. The van der Waals surface area contributed by atoms with Gasteiger partial charge < -0.3 is 39.0 Å². The van der Waals surface area contributed by atoms with Crippen LogP contribution in [0.4, 0.5) is 5.69 Å². The van der Waals surface area contributed by atoms with Crippen LogP contribution < -0.4 is 30.1 Å². The standard InChI is InChI=1S/C49H62ClN3O8/c50-17-5-1-2-8-23-57-25-27-59-29-30-60-28-26-58-24-18-51-48(54)36-15-16-37(40(33-36)49(55)56)43-41-31-34-11-3-6-19-52-21-9-13-38(44(34)52)46(41)61-47-39-14-10-22-53-20-7-4-12-35(45(39)53)32-42(43)47/h15-16,31-33H,1-14,17-30H2,(H-,51,54,55,56)/p+1. The molecule has 0 aromatic heterocycles. The molecule has 5 heterocycles. The number of carboxylic acid groups (broad SMARTS) is 1. The van der Waals surface area contributed by atoms with Gasteiger partial charge >= 0.3 is 5.97 Å². The molecule has 8 rings (SSSR count). The molecule has 2 N–H and O–H groups in total. The first kappa shape index (κ1) is 43.6. The Labute approximate surface area is 365 Å². The van der Waals surface area contributed by atoms with Crippen LogP contribution in [0.15, 0.2) is 30.3 Å². The number of aryl methyl sites for hydroxylation is 2. The van der Waals surface area contributed by atoms with Gasteiger partial charge in [0.1, 0.15) is 24.6 Å². The van der Waals surface area contributed by atoms with Gasteiger partial charge in [-0.25, -0.2) is 9.37 Å². The van der Waals surface area contributed by atoms with E-state index >= 15 is 0 Å². The second-order valence-corrected chi connectivity index (χ2v) is 17.3. The van der Waals surface area contributed by atoms with Crippen LogP contribution in [0.25, 0.3) is 5.57 Å². The van der Waals surface area contributed by atoms with Crippen molar-refractivity contribution in [3.8, 4) is 11.5 Å². The number of rotatable bonds is 21. The van der Waals surface area contributed by atoms with Gasteiger partial charge in [-0.2, -0.15) is 0 Å². The molecule has 3 aromatic rings. The number of benzene rings is 3. The van der Waals surface area contributed by atoms with Crippen LogP contribution in [0.5, 0.6) is 11.5 Å². The Kier molecular flexibility index (Phi) is 15.3. The van der Waals surface area contributed by atoms with E-state index in [4.69, 9.17) is 35.3 Å². The zero-order valence-electron chi connectivity index (χ0n) is 35.8. The van der Waals surface area contributed by atoms with Gasteiger partial charge in [-0.15, -0.1) is 11.6 Å². The van der Waals surface area contributed by atoms with Gasteiger partial charge in [0.2, 0.25) is 5.36 Å². The Morgan fingerprint density at radius 2 is 1.41 bits per heavy atom. The highest BCUT2D eigenvalue weighted by Crippen LogP contribution is 2.48. The van der Waals surface area contributed by atoms with Crippen molar-refractivity contribution in [1.82, 2.24) is 9.89 Å². The lowest BCUT2D eigenvalue weighted by Gasteiger charge is -2.35. The van der Waals surface area contributed by atoms with E-state index in [0.717, 1.165) is 156 Å². The molecule has 328 valence electrons. The summed E-state index contributed by atoms with van der Waals surface area (Å²) in [4.78, 5) is 29.3. The third-order valence-corrected chi connectivity index (χ3v) is 13.1. The molecule has 12 heteroatoms. The molecular formula is C49H63ClN3O8+. The maximum atomic E-state index is 13.5. The number of unbranched alkanes of at least 4 members (excludes halogenated alkanes) is 3. The van der Waals surface area contributed by atoms with Gasteiger partial charge in [0.05, 0.1) is 57.4 Å². The summed E-state index contributed by atoms with van der Waals surface area (Å²) in [6.07, 6.45) is 14.9. The van der Waals surface area contributed by atoms with Crippen LogP contribution in [0.3, 0.4) is 0 Å². The number of carbonyl (C=O) groups is 2. The summed E-state index contributed by atoms with van der Waals surface area (Å²) in [5.41, 5.74) is 9.38. The molecule has 0 saturated heterocycles. The summed E-state index contributed by atoms with van der Waals surface area (Å²) in [5, 5.41) is 16.1. The fourth-order valence-electron chi connectivity index (χ4n) is 9.95. The summed E-state index contributed by atoms with van der Waals surface area (Å²) >= 11 is 5.70. The van der Waals surface area contributed by atoms with E-state index in [1.807, 2.05) is 6.07 Å². The Morgan fingerprint density at radius 1 is 0.705 bits per heavy atom. The van der Waals surface area contributed by atoms with Crippen molar-refractivity contribution in [3.05, 3.63) is 85.4 Å². The molecule has 0 atom stereocenters. The van der Waals surface area contributed by atoms with Gasteiger partial charge in [-0.05, 0) is 99.6 Å². The molecule has 0 unspecified atom stereocenters. The Hall–Kier alpha value is -4.00. The predicted octanol–water partition coefficient (Wildman–Crippen LogP) is 6.20. The zero-order valence-corrected chi connectivity index (χ0v) is 36.5. The number of nitrogens with one attached hydrogen (secondary N) is 1. The summed E-state index contributed by atoms with van der Waals surface area (Å²) in [6, 6.07) is 9.74.